The van der Waals surface area contributed by atoms with Gasteiger partial charge in [0.25, 0.3) is 0 Å². The molecule has 0 aliphatic carbocycles. The van der Waals surface area contributed by atoms with E-state index < -0.39 is 0 Å². The standard InChI is InChI=1S/C13H19N3OS/c1-14-13(18)16-7-5-15(6-8-16)10-11-3-2-4-12(17)9-11/h2-4,9,17H,5-8,10H2,1H3,(H,14,18). The molecule has 4 nitrogen and oxygen atoms in total. The van der Waals surface area contributed by atoms with Crippen molar-refractivity contribution in [2.24, 2.45) is 0 Å². The van der Waals surface area contributed by atoms with Gasteiger partial charge in [-0.1, -0.05) is 12.1 Å². The van der Waals surface area contributed by atoms with Crippen molar-refractivity contribution in [2.45, 2.75) is 6.54 Å². The van der Waals surface area contributed by atoms with Crippen LogP contribution in [-0.4, -0.2) is 53.2 Å². The van der Waals surface area contributed by atoms with Crippen molar-refractivity contribution in [3.63, 3.8) is 0 Å². The Morgan fingerprint density at radius 3 is 2.67 bits per heavy atom. The van der Waals surface area contributed by atoms with Crippen molar-refractivity contribution in [3.05, 3.63) is 29.8 Å². The molecule has 0 bridgehead atoms. The Balaban J connectivity index is 1.85. The Hall–Kier alpha value is -1.33. The van der Waals surface area contributed by atoms with Gasteiger partial charge in [-0.2, -0.15) is 0 Å². The van der Waals surface area contributed by atoms with E-state index in [-0.39, 0.29) is 0 Å². The molecular formula is C13H19N3OS. The molecule has 0 aromatic heterocycles. The number of benzene rings is 1. The number of nitrogens with one attached hydrogen (secondary N) is 1. The molecule has 2 rings (SSSR count). The highest BCUT2D eigenvalue weighted by Gasteiger charge is 2.18. The molecule has 2 N–H and O–H groups in total. The van der Waals surface area contributed by atoms with Crippen LogP contribution < -0.4 is 5.32 Å². The van der Waals surface area contributed by atoms with E-state index in [9.17, 15) is 5.11 Å². The Bertz CT molecular complexity index is 416. The third-order valence-electron chi connectivity index (χ3n) is 3.19. The van der Waals surface area contributed by atoms with Gasteiger partial charge < -0.3 is 15.3 Å². The van der Waals surface area contributed by atoms with Crippen LogP contribution in [0, 0.1) is 0 Å². The van der Waals surface area contributed by atoms with Gasteiger partial charge in [0.1, 0.15) is 5.75 Å². The van der Waals surface area contributed by atoms with E-state index in [0.29, 0.717) is 5.75 Å². The molecule has 0 saturated carbocycles. The molecule has 98 valence electrons. The SMILES string of the molecule is CNC(=S)N1CCN(Cc2cccc(O)c2)CC1. The van der Waals surface area contributed by atoms with E-state index in [1.165, 1.54) is 0 Å². The number of nitrogens with zero attached hydrogens (tertiary/aromatic N) is 2. The number of piperazine rings is 1. The zero-order valence-electron chi connectivity index (χ0n) is 10.6. The number of rotatable bonds is 2. The first-order chi connectivity index (χ1) is 8.69. The Morgan fingerprint density at radius 2 is 2.06 bits per heavy atom. The maximum atomic E-state index is 9.44. The van der Waals surface area contributed by atoms with Crippen LogP contribution in [0.3, 0.4) is 0 Å². The number of aromatic hydroxyl groups is 1. The molecule has 0 unspecified atom stereocenters. The topological polar surface area (TPSA) is 38.7 Å². The van der Waals surface area contributed by atoms with Gasteiger partial charge in [0.05, 0.1) is 0 Å². The molecule has 1 aliphatic heterocycles. The summed E-state index contributed by atoms with van der Waals surface area (Å²) >= 11 is 5.22. The first-order valence-electron chi connectivity index (χ1n) is 6.16. The van der Waals surface area contributed by atoms with Crippen molar-refractivity contribution in [2.75, 3.05) is 33.2 Å². The summed E-state index contributed by atoms with van der Waals surface area (Å²) in [5, 5.41) is 13.3. The van der Waals surface area contributed by atoms with Crippen LogP contribution in [-0.2, 0) is 6.54 Å². The smallest absolute Gasteiger partial charge is 0.168 e. The van der Waals surface area contributed by atoms with Gasteiger partial charge in [-0.15, -0.1) is 0 Å². The zero-order valence-corrected chi connectivity index (χ0v) is 11.4. The molecule has 1 fully saturated rings. The van der Waals surface area contributed by atoms with E-state index >= 15 is 0 Å². The van der Waals surface area contributed by atoms with Gasteiger partial charge in [-0.25, -0.2) is 0 Å². The second kappa shape index (κ2) is 6.02. The lowest BCUT2D eigenvalue weighted by Crippen LogP contribution is -2.50. The first-order valence-corrected chi connectivity index (χ1v) is 6.57. The molecule has 0 amide bonds. The third kappa shape index (κ3) is 3.34. The van der Waals surface area contributed by atoms with Gasteiger partial charge in [-0.3, -0.25) is 4.90 Å². The lowest BCUT2D eigenvalue weighted by Gasteiger charge is -2.35. The van der Waals surface area contributed by atoms with Gasteiger partial charge >= 0.3 is 0 Å². The maximum Gasteiger partial charge on any atom is 0.168 e. The summed E-state index contributed by atoms with van der Waals surface area (Å²) in [5.74, 6) is 0.336. The highest BCUT2D eigenvalue weighted by Crippen LogP contribution is 2.14. The molecule has 1 aromatic rings. The number of hydrogen-bond donors (Lipinski definition) is 2. The minimum Gasteiger partial charge on any atom is -0.508 e. The van der Waals surface area contributed by atoms with Crippen LogP contribution >= 0.6 is 12.2 Å². The monoisotopic (exact) mass is 265 g/mol. The summed E-state index contributed by atoms with van der Waals surface area (Å²) in [6.07, 6.45) is 0. The van der Waals surface area contributed by atoms with E-state index in [2.05, 4.69) is 15.1 Å². The predicted octanol–water partition coefficient (Wildman–Crippen LogP) is 1.01. The quantitative estimate of drug-likeness (QED) is 0.781. The van der Waals surface area contributed by atoms with E-state index in [4.69, 9.17) is 12.2 Å². The van der Waals surface area contributed by atoms with Crippen molar-refractivity contribution >= 4 is 17.3 Å². The number of thiocarbonyl (C=S) groups is 1. The van der Waals surface area contributed by atoms with E-state index in [1.54, 1.807) is 6.07 Å². The largest absolute Gasteiger partial charge is 0.508 e. The Labute approximate surface area is 113 Å². The number of hydrogen-bond acceptors (Lipinski definition) is 3. The van der Waals surface area contributed by atoms with Crippen LogP contribution in [0.1, 0.15) is 5.56 Å². The average molecular weight is 265 g/mol. The summed E-state index contributed by atoms with van der Waals surface area (Å²) in [5.41, 5.74) is 1.15. The highest BCUT2D eigenvalue weighted by molar-refractivity contribution is 7.80. The molecule has 5 heteroatoms. The van der Waals surface area contributed by atoms with Crippen LogP contribution in [0.15, 0.2) is 24.3 Å². The van der Waals surface area contributed by atoms with Crippen molar-refractivity contribution in [1.29, 1.82) is 0 Å². The van der Waals surface area contributed by atoms with Gasteiger partial charge in [0.2, 0.25) is 0 Å². The fourth-order valence-electron chi connectivity index (χ4n) is 2.18. The third-order valence-corrected chi connectivity index (χ3v) is 3.65. The Morgan fingerprint density at radius 1 is 1.33 bits per heavy atom. The maximum absolute atomic E-state index is 9.44. The predicted molar refractivity (Wildman–Crippen MR) is 76.6 cm³/mol. The lowest BCUT2D eigenvalue weighted by molar-refractivity contribution is 0.175. The second-order valence-electron chi connectivity index (χ2n) is 4.49. The molecule has 1 aliphatic rings. The van der Waals surface area contributed by atoms with Gasteiger partial charge in [-0.05, 0) is 29.9 Å². The van der Waals surface area contributed by atoms with Crippen molar-refractivity contribution in [3.8, 4) is 5.75 Å². The fourth-order valence-corrected chi connectivity index (χ4v) is 2.36. The van der Waals surface area contributed by atoms with Gasteiger partial charge in [0, 0.05) is 39.8 Å². The molecule has 0 atom stereocenters. The van der Waals surface area contributed by atoms with Crippen LogP contribution in [0.4, 0.5) is 0 Å². The molecular weight excluding hydrogens is 246 g/mol. The average Bonchev–Trinajstić information content (AvgIpc) is 2.39. The first kappa shape index (κ1) is 13.1. The van der Waals surface area contributed by atoms with Crippen LogP contribution in [0.25, 0.3) is 0 Å². The normalized spacial score (nSPS) is 16.6. The number of phenols is 1. The van der Waals surface area contributed by atoms with E-state index in [1.807, 2.05) is 25.2 Å². The lowest BCUT2D eigenvalue weighted by atomic mass is 10.2. The molecule has 1 saturated heterocycles. The summed E-state index contributed by atoms with van der Waals surface area (Å²) in [6, 6.07) is 7.46. The summed E-state index contributed by atoms with van der Waals surface area (Å²) in [7, 11) is 1.86. The second-order valence-corrected chi connectivity index (χ2v) is 4.87. The molecule has 0 radical (unpaired) electrons. The Kier molecular flexibility index (Phi) is 4.38. The summed E-state index contributed by atoms with van der Waals surface area (Å²) < 4.78 is 0. The van der Waals surface area contributed by atoms with Gasteiger partial charge in [0.15, 0.2) is 5.11 Å². The van der Waals surface area contributed by atoms with E-state index in [0.717, 1.165) is 43.4 Å². The van der Waals surface area contributed by atoms with Crippen LogP contribution in [0.2, 0.25) is 0 Å². The number of phenolic OH excluding ortho intramolecular Hbond substituents is 1. The minimum absolute atomic E-state index is 0.336. The van der Waals surface area contributed by atoms with Crippen molar-refractivity contribution in [1.82, 2.24) is 15.1 Å². The summed E-state index contributed by atoms with van der Waals surface area (Å²) in [4.78, 5) is 4.57. The molecule has 1 aromatic carbocycles. The molecule has 18 heavy (non-hydrogen) atoms. The molecule has 0 spiro atoms. The van der Waals surface area contributed by atoms with Crippen LogP contribution in [0.5, 0.6) is 5.75 Å². The molecule has 1 heterocycles. The zero-order chi connectivity index (χ0) is 13.0. The summed E-state index contributed by atoms with van der Waals surface area (Å²) in [6.45, 7) is 4.79. The highest BCUT2D eigenvalue weighted by atomic mass is 32.1. The minimum atomic E-state index is 0.336. The van der Waals surface area contributed by atoms with Crippen molar-refractivity contribution < 1.29 is 5.11 Å². The fraction of sp³-hybridized carbons (Fsp3) is 0.462.